The fraction of sp³-hybridized carbons (Fsp3) is 0.167. The monoisotopic (exact) mass is 420 g/mol. The van der Waals surface area contributed by atoms with Crippen LogP contribution in [0.2, 0.25) is 0 Å². The van der Waals surface area contributed by atoms with Crippen LogP contribution in [0.15, 0.2) is 52.9 Å². The van der Waals surface area contributed by atoms with E-state index in [9.17, 15) is 17.6 Å². The molecule has 0 aliphatic carbocycles. The van der Waals surface area contributed by atoms with E-state index >= 15 is 0 Å². The van der Waals surface area contributed by atoms with Gasteiger partial charge in [-0.2, -0.15) is 0 Å². The van der Waals surface area contributed by atoms with E-state index in [1.165, 1.54) is 12.1 Å². The number of carbonyl (C=O) groups is 1. The molecule has 0 fully saturated rings. The minimum absolute atomic E-state index is 0.0900. The molecule has 0 unspecified atom stereocenters. The average Bonchev–Trinajstić information content (AvgIpc) is 3.13. The Morgan fingerprint density at radius 2 is 1.82 bits per heavy atom. The van der Waals surface area contributed by atoms with E-state index in [-0.39, 0.29) is 27.7 Å². The number of rotatable bonds is 7. The Morgan fingerprint density at radius 1 is 1.11 bits per heavy atom. The molecule has 7 nitrogen and oxygen atoms in total. The fourth-order valence-corrected chi connectivity index (χ4v) is 4.37. The molecule has 0 spiro atoms. The van der Waals surface area contributed by atoms with Crippen molar-refractivity contribution in [2.24, 2.45) is 0 Å². The second-order valence-electron chi connectivity index (χ2n) is 5.92. The third-order valence-electron chi connectivity index (χ3n) is 3.87. The molecule has 0 bridgehead atoms. The van der Waals surface area contributed by atoms with E-state index < -0.39 is 10.0 Å². The number of anilines is 1. The molecule has 10 heteroatoms. The summed E-state index contributed by atoms with van der Waals surface area (Å²) in [5, 5.41) is 10.0. The van der Waals surface area contributed by atoms with Crippen molar-refractivity contribution in [3.05, 3.63) is 71.0 Å². The standard InChI is InChI=1S/C18H17FN4O3S2/c1-12-4-2-3-5-15(12)16(24)21-17-22-23-18(27-17)28(25,26)20-11-10-13-6-8-14(19)9-7-13/h2-9,20H,10-11H2,1H3,(H,21,22,24). The molecule has 1 heterocycles. The van der Waals surface area contributed by atoms with Crippen molar-refractivity contribution >= 4 is 32.4 Å². The van der Waals surface area contributed by atoms with Gasteiger partial charge >= 0.3 is 0 Å². The molecule has 0 aliphatic rings. The first-order valence-corrected chi connectivity index (χ1v) is 10.6. The van der Waals surface area contributed by atoms with E-state index in [1.54, 1.807) is 37.3 Å². The average molecular weight is 420 g/mol. The number of nitrogens with one attached hydrogen (secondary N) is 2. The summed E-state index contributed by atoms with van der Waals surface area (Å²) in [5.41, 5.74) is 2.06. The molecule has 0 saturated heterocycles. The van der Waals surface area contributed by atoms with Gasteiger partial charge in [-0.1, -0.05) is 41.7 Å². The number of sulfonamides is 1. The lowest BCUT2D eigenvalue weighted by Gasteiger charge is -2.04. The van der Waals surface area contributed by atoms with E-state index in [2.05, 4.69) is 20.2 Å². The third-order valence-corrected chi connectivity index (χ3v) is 6.53. The summed E-state index contributed by atoms with van der Waals surface area (Å²) in [4.78, 5) is 12.3. The molecular weight excluding hydrogens is 403 g/mol. The predicted octanol–water partition coefficient (Wildman–Crippen LogP) is 2.76. The topological polar surface area (TPSA) is 101 Å². The first-order chi connectivity index (χ1) is 13.3. The summed E-state index contributed by atoms with van der Waals surface area (Å²) in [7, 11) is -3.86. The number of aromatic nitrogens is 2. The molecule has 0 radical (unpaired) electrons. The van der Waals surface area contributed by atoms with Gasteiger partial charge in [0.15, 0.2) is 0 Å². The van der Waals surface area contributed by atoms with E-state index in [1.807, 2.05) is 6.07 Å². The zero-order valence-electron chi connectivity index (χ0n) is 14.8. The number of amides is 1. The van der Waals surface area contributed by atoms with E-state index in [0.717, 1.165) is 22.5 Å². The van der Waals surface area contributed by atoms with Gasteiger partial charge in [-0.15, -0.1) is 10.2 Å². The second-order valence-corrected chi connectivity index (χ2v) is 8.83. The molecule has 0 atom stereocenters. The van der Waals surface area contributed by atoms with Crippen LogP contribution in [-0.4, -0.2) is 31.1 Å². The van der Waals surface area contributed by atoms with Crippen molar-refractivity contribution in [1.29, 1.82) is 0 Å². The van der Waals surface area contributed by atoms with Gasteiger partial charge in [-0.25, -0.2) is 17.5 Å². The molecule has 1 amide bonds. The summed E-state index contributed by atoms with van der Waals surface area (Å²) in [5.74, 6) is -0.735. The molecule has 146 valence electrons. The Balaban J connectivity index is 1.61. The lowest BCUT2D eigenvalue weighted by molar-refractivity contribution is 0.102. The van der Waals surface area contributed by atoms with Gasteiger partial charge in [-0.05, 0) is 42.7 Å². The summed E-state index contributed by atoms with van der Waals surface area (Å²) in [6, 6.07) is 12.8. The van der Waals surface area contributed by atoms with Gasteiger partial charge in [0.05, 0.1) is 0 Å². The lowest BCUT2D eigenvalue weighted by atomic mass is 10.1. The number of benzene rings is 2. The van der Waals surface area contributed by atoms with Gasteiger partial charge in [0.1, 0.15) is 5.82 Å². The molecular formula is C18H17FN4O3S2. The normalized spacial score (nSPS) is 11.4. The zero-order valence-corrected chi connectivity index (χ0v) is 16.5. The Hall–Kier alpha value is -2.69. The minimum Gasteiger partial charge on any atom is -0.296 e. The van der Waals surface area contributed by atoms with Crippen LogP contribution < -0.4 is 10.0 Å². The predicted molar refractivity (Wildman–Crippen MR) is 104 cm³/mol. The van der Waals surface area contributed by atoms with Crippen LogP contribution in [0.5, 0.6) is 0 Å². The zero-order chi connectivity index (χ0) is 20.1. The molecule has 3 aromatic rings. The lowest BCUT2D eigenvalue weighted by Crippen LogP contribution is -2.25. The van der Waals surface area contributed by atoms with Gasteiger partial charge in [0.25, 0.3) is 15.9 Å². The third kappa shape index (κ3) is 4.97. The van der Waals surface area contributed by atoms with E-state index in [4.69, 9.17) is 0 Å². The number of hydrogen-bond acceptors (Lipinski definition) is 6. The second kappa shape index (κ2) is 8.55. The molecule has 2 N–H and O–H groups in total. The highest BCUT2D eigenvalue weighted by molar-refractivity contribution is 7.91. The Kier molecular flexibility index (Phi) is 6.12. The highest BCUT2D eigenvalue weighted by Crippen LogP contribution is 2.21. The molecule has 0 aliphatic heterocycles. The van der Waals surface area contributed by atoms with Crippen molar-refractivity contribution in [2.75, 3.05) is 11.9 Å². The molecule has 3 rings (SSSR count). The first-order valence-electron chi connectivity index (χ1n) is 8.30. The van der Waals surface area contributed by atoms with Gasteiger partial charge in [0, 0.05) is 12.1 Å². The van der Waals surface area contributed by atoms with Gasteiger partial charge in [0.2, 0.25) is 9.47 Å². The molecule has 28 heavy (non-hydrogen) atoms. The highest BCUT2D eigenvalue weighted by Gasteiger charge is 2.21. The van der Waals surface area contributed by atoms with Crippen molar-refractivity contribution in [3.8, 4) is 0 Å². The summed E-state index contributed by atoms with van der Waals surface area (Å²) >= 11 is 0.763. The SMILES string of the molecule is Cc1ccccc1C(=O)Nc1nnc(S(=O)(=O)NCCc2ccc(F)cc2)s1. The van der Waals surface area contributed by atoms with Crippen LogP contribution in [0, 0.1) is 12.7 Å². The Bertz CT molecular complexity index is 1080. The Labute approximate surface area is 165 Å². The summed E-state index contributed by atoms with van der Waals surface area (Å²) in [6.45, 7) is 1.92. The minimum atomic E-state index is -3.86. The van der Waals surface area contributed by atoms with Crippen molar-refractivity contribution in [2.45, 2.75) is 17.7 Å². The fourth-order valence-electron chi connectivity index (χ4n) is 2.40. The van der Waals surface area contributed by atoms with Crippen LogP contribution in [0.1, 0.15) is 21.5 Å². The smallest absolute Gasteiger partial charge is 0.269 e. The number of halogens is 1. The van der Waals surface area contributed by atoms with Crippen LogP contribution in [-0.2, 0) is 16.4 Å². The number of hydrogen-bond donors (Lipinski definition) is 2. The van der Waals surface area contributed by atoms with Crippen molar-refractivity contribution < 1.29 is 17.6 Å². The highest BCUT2D eigenvalue weighted by atomic mass is 32.2. The quantitative estimate of drug-likeness (QED) is 0.573. The van der Waals surface area contributed by atoms with E-state index in [0.29, 0.717) is 12.0 Å². The first kappa shape index (κ1) is 20.1. The summed E-state index contributed by atoms with van der Waals surface area (Å²) < 4.78 is 39.7. The van der Waals surface area contributed by atoms with Gasteiger partial charge < -0.3 is 0 Å². The summed E-state index contributed by atoms with van der Waals surface area (Å²) in [6.07, 6.45) is 0.398. The van der Waals surface area contributed by atoms with Crippen LogP contribution in [0.4, 0.5) is 9.52 Å². The van der Waals surface area contributed by atoms with Crippen molar-refractivity contribution in [3.63, 3.8) is 0 Å². The maximum Gasteiger partial charge on any atom is 0.269 e. The van der Waals surface area contributed by atoms with Crippen LogP contribution >= 0.6 is 11.3 Å². The Morgan fingerprint density at radius 3 is 2.54 bits per heavy atom. The number of aryl methyl sites for hydroxylation is 1. The van der Waals surface area contributed by atoms with Gasteiger partial charge in [-0.3, -0.25) is 10.1 Å². The molecule has 1 aromatic heterocycles. The van der Waals surface area contributed by atoms with Crippen LogP contribution in [0.25, 0.3) is 0 Å². The maximum atomic E-state index is 12.9. The van der Waals surface area contributed by atoms with Crippen LogP contribution in [0.3, 0.4) is 0 Å². The van der Waals surface area contributed by atoms with Crippen molar-refractivity contribution in [1.82, 2.24) is 14.9 Å². The maximum absolute atomic E-state index is 12.9. The molecule has 2 aromatic carbocycles. The molecule has 0 saturated carbocycles. The number of carbonyl (C=O) groups excluding carboxylic acids is 1. The largest absolute Gasteiger partial charge is 0.296 e. The number of nitrogens with zero attached hydrogens (tertiary/aromatic N) is 2.